The number of esters is 1. The van der Waals surface area contributed by atoms with Crippen molar-refractivity contribution in [2.75, 3.05) is 49.3 Å². The van der Waals surface area contributed by atoms with E-state index in [1.807, 2.05) is 0 Å². The highest BCUT2D eigenvalue weighted by atomic mass is 28.5. The molecule has 0 fully saturated rings. The van der Waals surface area contributed by atoms with Gasteiger partial charge in [-0.05, 0) is 19.8 Å². The van der Waals surface area contributed by atoms with E-state index >= 15 is 0 Å². The topological polar surface area (TPSA) is 81.7 Å². The Morgan fingerprint density at radius 3 is 1.62 bits per heavy atom. The first-order valence-corrected chi connectivity index (χ1v) is 11.2. The summed E-state index contributed by atoms with van der Waals surface area (Å²) in [6.45, 7) is 2.01. The van der Waals surface area contributed by atoms with Crippen LogP contribution in [0.2, 0.25) is 5.16 Å². The highest BCUT2D eigenvalue weighted by Gasteiger charge is 2.63. The first kappa shape index (κ1) is 23.4. The Balaban J connectivity index is 5.23. The van der Waals surface area contributed by atoms with Crippen LogP contribution in [0, 0.1) is 0 Å². The summed E-state index contributed by atoms with van der Waals surface area (Å²) in [4.78, 5) is 11.4. The average Bonchev–Trinajstić information content (AvgIpc) is 2.61. The van der Waals surface area contributed by atoms with Crippen molar-refractivity contribution in [2.24, 2.45) is 0 Å². The summed E-state index contributed by atoms with van der Waals surface area (Å²) < 4.78 is 38.7. The summed E-state index contributed by atoms with van der Waals surface area (Å²) in [6.07, 6.45) is 4.09. The van der Waals surface area contributed by atoms with E-state index in [4.69, 9.17) is 31.3 Å². The Kier molecular flexibility index (Phi) is 11.6. The molecule has 0 bridgehead atoms. The van der Waals surface area contributed by atoms with Gasteiger partial charge in [0.05, 0.1) is 11.8 Å². The molecule has 0 spiro atoms. The zero-order valence-corrected chi connectivity index (χ0v) is 17.6. The monoisotopic (exact) mass is 382 g/mol. The van der Waals surface area contributed by atoms with Crippen molar-refractivity contribution >= 4 is 23.6 Å². The Labute approximate surface area is 146 Å². The van der Waals surface area contributed by atoms with Crippen molar-refractivity contribution in [2.45, 2.75) is 24.9 Å². The zero-order chi connectivity index (χ0) is 18.6. The predicted molar refractivity (Wildman–Crippen MR) is 92.3 cm³/mol. The van der Waals surface area contributed by atoms with Gasteiger partial charge in [0.15, 0.2) is 0 Å². The molecule has 0 amide bonds. The maximum absolute atomic E-state index is 11.4. The Morgan fingerprint density at radius 2 is 1.29 bits per heavy atom. The van der Waals surface area contributed by atoms with Gasteiger partial charge in [0.2, 0.25) is 0 Å². The van der Waals surface area contributed by atoms with E-state index in [1.54, 1.807) is 13.0 Å². The normalized spacial score (nSPS) is 13.0. The third kappa shape index (κ3) is 5.74. The fourth-order valence-corrected chi connectivity index (χ4v) is 10.2. The molecular formula is C14H30O8Si2. The number of hydrogen-bond acceptors (Lipinski definition) is 8. The van der Waals surface area contributed by atoms with Crippen LogP contribution in [-0.4, -0.2) is 72.8 Å². The number of hydrogen-bond donors (Lipinski definition) is 0. The van der Waals surface area contributed by atoms with Gasteiger partial charge in [0, 0.05) is 48.7 Å². The van der Waals surface area contributed by atoms with Crippen LogP contribution < -0.4 is 0 Å². The minimum atomic E-state index is -3.11. The fourth-order valence-electron chi connectivity index (χ4n) is 2.57. The first-order chi connectivity index (χ1) is 11.5. The molecule has 0 aromatic carbocycles. The molecule has 0 N–H and O–H groups in total. The second-order valence-corrected chi connectivity index (χ2v) is 11.6. The van der Waals surface area contributed by atoms with Crippen molar-refractivity contribution in [3.8, 4) is 0 Å². The molecule has 0 saturated carbocycles. The van der Waals surface area contributed by atoms with E-state index < -0.39 is 17.6 Å². The lowest BCUT2D eigenvalue weighted by molar-refractivity contribution is -0.137. The van der Waals surface area contributed by atoms with E-state index in [9.17, 15) is 4.79 Å². The van der Waals surface area contributed by atoms with Crippen molar-refractivity contribution in [3.05, 3.63) is 12.2 Å². The highest BCUT2D eigenvalue weighted by Crippen LogP contribution is 2.38. The summed E-state index contributed by atoms with van der Waals surface area (Å²) in [6, 6.07) is 0. The maximum atomic E-state index is 11.4. The van der Waals surface area contributed by atoms with E-state index in [0.717, 1.165) is 0 Å². The lowest BCUT2D eigenvalue weighted by atomic mass is 10.3. The molecule has 10 heteroatoms. The Morgan fingerprint density at radius 1 is 0.875 bits per heavy atom. The van der Waals surface area contributed by atoms with Crippen molar-refractivity contribution in [1.82, 2.24) is 0 Å². The Bertz CT molecular complexity index is 346. The highest BCUT2D eigenvalue weighted by molar-refractivity contribution is 6.82. The quantitative estimate of drug-likeness (QED) is 0.205. The molecule has 0 saturated heterocycles. The first-order valence-electron chi connectivity index (χ1n) is 7.56. The van der Waals surface area contributed by atoms with Crippen LogP contribution >= 0.6 is 0 Å². The molecule has 0 unspecified atom stereocenters. The van der Waals surface area contributed by atoms with Crippen molar-refractivity contribution in [3.63, 3.8) is 0 Å². The average molecular weight is 383 g/mol. The van der Waals surface area contributed by atoms with Crippen molar-refractivity contribution in [1.29, 1.82) is 0 Å². The molecular weight excluding hydrogens is 352 g/mol. The van der Waals surface area contributed by atoms with Gasteiger partial charge in [0.1, 0.15) is 0 Å². The SMILES string of the molecule is CC=CC(=O)OCCCC([Si](OC)(OC)OC)[Si](OC)(OC)OC. The summed E-state index contributed by atoms with van der Waals surface area (Å²) in [7, 11) is 2.95. The molecule has 0 rings (SSSR count). The molecule has 8 nitrogen and oxygen atoms in total. The molecule has 0 heterocycles. The van der Waals surface area contributed by atoms with Crippen LogP contribution in [0.4, 0.5) is 0 Å². The van der Waals surface area contributed by atoms with E-state index in [-0.39, 0.29) is 17.7 Å². The number of ether oxygens (including phenoxy) is 1. The van der Waals surface area contributed by atoms with Gasteiger partial charge in [-0.15, -0.1) is 0 Å². The van der Waals surface area contributed by atoms with Crippen LogP contribution in [0.3, 0.4) is 0 Å². The summed E-state index contributed by atoms with van der Waals surface area (Å²) in [5.74, 6) is -0.378. The van der Waals surface area contributed by atoms with Gasteiger partial charge in [-0.3, -0.25) is 0 Å². The lowest BCUT2D eigenvalue weighted by Gasteiger charge is -2.39. The lowest BCUT2D eigenvalue weighted by Crippen LogP contribution is -2.62. The number of rotatable bonds is 13. The summed E-state index contributed by atoms with van der Waals surface area (Å²) >= 11 is 0. The largest absolute Gasteiger partial charge is 0.507 e. The second-order valence-electron chi connectivity index (χ2n) is 4.79. The van der Waals surface area contributed by atoms with Crippen LogP contribution in [0.15, 0.2) is 12.2 Å². The van der Waals surface area contributed by atoms with Crippen molar-refractivity contribution < 1.29 is 36.1 Å². The molecule has 0 atom stereocenters. The third-order valence-corrected chi connectivity index (χ3v) is 11.6. The molecule has 0 aromatic rings. The van der Waals surface area contributed by atoms with E-state index in [2.05, 4.69) is 0 Å². The second kappa shape index (κ2) is 11.9. The van der Waals surface area contributed by atoms with Gasteiger partial charge in [-0.2, -0.15) is 0 Å². The maximum Gasteiger partial charge on any atom is 0.507 e. The van der Waals surface area contributed by atoms with Gasteiger partial charge >= 0.3 is 23.6 Å². The molecule has 24 heavy (non-hydrogen) atoms. The van der Waals surface area contributed by atoms with Gasteiger partial charge in [-0.25, -0.2) is 4.79 Å². The molecule has 0 aliphatic rings. The minimum absolute atomic E-state index is 0.253. The van der Waals surface area contributed by atoms with E-state index in [0.29, 0.717) is 12.8 Å². The molecule has 0 aliphatic carbocycles. The van der Waals surface area contributed by atoms with Crippen LogP contribution in [0.1, 0.15) is 19.8 Å². The van der Waals surface area contributed by atoms with Crippen LogP contribution in [0.25, 0.3) is 0 Å². The smallest absolute Gasteiger partial charge is 0.463 e. The zero-order valence-electron chi connectivity index (χ0n) is 15.6. The van der Waals surface area contributed by atoms with Crippen LogP contribution in [0.5, 0.6) is 0 Å². The number of carbonyl (C=O) groups is 1. The van der Waals surface area contributed by atoms with Gasteiger partial charge in [0.25, 0.3) is 0 Å². The predicted octanol–water partition coefficient (Wildman–Crippen LogP) is 1.55. The van der Waals surface area contributed by atoms with Gasteiger partial charge < -0.3 is 31.3 Å². The molecule has 142 valence electrons. The fraction of sp³-hybridized carbons (Fsp3) is 0.786. The summed E-state index contributed by atoms with van der Waals surface area (Å²) in [5, 5.41) is -0.356. The number of carbonyl (C=O) groups excluding carboxylic acids is 1. The minimum Gasteiger partial charge on any atom is -0.463 e. The third-order valence-electron chi connectivity index (χ3n) is 3.74. The van der Waals surface area contributed by atoms with E-state index in [1.165, 1.54) is 48.7 Å². The Hall–Kier alpha value is -0.596. The molecule has 0 radical (unpaired) electrons. The number of allylic oxidation sites excluding steroid dienone is 1. The van der Waals surface area contributed by atoms with Crippen LogP contribution in [-0.2, 0) is 36.1 Å². The van der Waals surface area contributed by atoms with Gasteiger partial charge in [-0.1, -0.05) is 6.08 Å². The summed E-state index contributed by atoms with van der Waals surface area (Å²) in [5.41, 5.74) is 0. The standard InChI is InChI=1S/C14H30O8Si2/c1-8-10-13(15)22-12-9-11-14(23(16-2,17-3)18-4)24(19-5,20-6)21-7/h8,10,14H,9,11-12H2,1-7H3. The molecule has 0 aliphatic heterocycles. The molecule has 0 aromatic heterocycles.